The molecule has 0 radical (unpaired) electrons. The lowest BCUT2D eigenvalue weighted by Gasteiger charge is -2.32. The van der Waals surface area contributed by atoms with Gasteiger partial charge >= 0.3 is 0 Å². The molecule has 1 aliphatic heterocycles. The molecule has 1 aliphatic rings. The molecule has 0 bridgehead atoms. The SMILES string of the molecule is CCCCCCCN1C(=O)CC(C(=O)Nc2ccc(OCCCCCC)cc2)SC1=Nc1ccc(OC)cc1. The second-order valence-corrected chi connectivity index (χ2v) is 11.0. The molecule has 1 N–H and O–H groups in total. The Hall–Kier alpha value is -3.00. The summed E-state index contributed by atoms with van der Waals surface area (Å²) in [5.74, 6) is 1.26. The summed E-state index contributed by atoms with van der Waals surface area (Å²) < 4.78 is 11.1. The van der Waals surface area contributed by atoms with E-state index in [1.165, 1.54) is 43.9 Å². The second kappa shape index (κ2) is 16.9. The molecule has 0 aromatic heterocycles. The number of nitrogens with zero attached hydrogens (tertiary/aromatic N) is 2. The van der Waals surface area contributed by atoms with Gasteiger partial charge in [0.25, 0.3) is 0 Å². The molecule has 1 heterocycles. The number of hydrogen-bond donors (Lipinski definition) is 1. The summed E-state index contributed by atoms with van der Waals surface area (Å²) in [6.07, 6.45) is 10.3. The van der Waals surface area contributed by atoms with E-state index in [1.807, 2.05) is 48.5 Å². The molecule has 1 atom stereocenters. The lowest BCUT2D eigenvalue weighted by atomic mass is 10.1. The average molecular weight is 554 g/mol. The number of benzene rings is 2. The predicted octanol–water partition coefficient (Wildman–Crippen LogP) is 7.59. The molecule has 3 rings (SSSR count). The van der Waals surface area contributed by atoms with Gasteiger partial charge in [-0.25, -0.2) is 4.99 Å². The number of rotatable bonds is 16. The van der Waals surface area contributed by atoms with Crippen LogP contribution in [0.5, 0.6) is 11.5 Å². The smallest absolute Gasteiger partial charge is 0.238 e. The predicted molar refractivity (Wildman–Crippen MR) is 161 cm³/mol. The summed E-state index contributed by atoms with van der Waals surface area (Å²) in [5, 5.41) is 2.98. The van der Waals surface area contributed by atoms with Crippen molar-refractivity contribution in [1.29, 1.82) is 0 Å². The molecule has 39 heavy (non-hydrogen) atoms. The van der Waals surface area contributed by atoms with Gasteiger partial charge in [-0.3, -0.25) is 14.5 Å². The zero-order chi connectivity index (χ0) is 27.9. The van der Waals surface area contributed by atoms with E-state index in [4.69, 9.17) is 14.5 Å². The van der Waals surface area contributed by atoms with E-state index >= 15 is 0 Å². The number of carbonyl (C=O) groups excluding carboxylic acids is 2. The third kappa shape index (κ3) is 10.2. The van der Waals surface area contributed by atoms with Crippen LogP contribution in [0, 0.1) is 0 Å². The Morgan fingerprint density at radius 3 is 2.23 bits per heavy atom. The Bertz CT molecular complexity index is 1060. The van der Waals surface area contributed by atoms with Gasteiger partial charge in [-0.15, -0.1) is 0 Å². The maximum atomic E-state index is 13.2. The fourth-order valence-electron chi connectivity index (χ4n) is 4.28. The summed E-state index contributed by atoms with van der Waals surface area (Å²) in [6.45, 7) is 5.68. The Balaban J connectivity index is 1.64. The number of aliphatic imine (C=N–C) groups is 1. The highest BCUT2D eigenvalue weighted by Crippen LogP contribution is 2.31. The van der Waals surface area contributed by atoms with Gasteiger partial charge in [0.1, 0.15) is 16.7 Å². The third-order valence-corrected chi connectivity index (χ3v) is 7.79. The normalized spacial score (nSPS) is 16.4. The summed E-state index contributed by atoms with van der Waals surface area (Å²) >= 11 is 1.35. The van der Waals surface area contributed by atoms with Crippen LogP contribution >= 0.6 is 11.8 Å². The van der Waals surface area contributed by atoms with Crippen molar-refractivity contribution in [2.75, 3.05) is 25.6 Å². The van der Waals surface area contributed by atoms with Crippen LogP contribution in [0.1, 0.15) is 78.1 Å². The van der Waals surface area contributed by atoms with Crippen LogP contribution in [-0.2, 0) is 9.59 Å². The Morgan fingerprint density at radius 1 is 0.923 bits per heavy atom. The van der Waals surface area contributed by atoms with Gasteiger partial charge in [0, 0.05) is 18.7 Å². The number of hydrogen-bond acceptors (Lipinski definition) is 6. The maximum Gasteiger partial charge on any atom is 0.238 e. The lowest BCUT2D eigenvalue weighted by molar-refractivity contribution is -0.129. The molecule has 1 fully saturated rings. The van der Waals surface area contributed by atoms with Crippen molar-refractivity contribution in [1.82, 2.24) is 4.90 Å². The van der Waals surface area contributed by atoms with Crippen LogP contribution in [-0.4, -0.2) is 47.4 Å². The van der Waals surface area contributed by atoms with Gasteiger partial charge in [0.15, 0.2) is 5.17 Å². The first kappa shape index (κ1) is 30.5. The number of anilines is 1. The number of amidine groups is 1. The van der Waals surface area contributed by atoms with Crippen LogP contribution in [0.4, 0.5) is 11.4 Å². The van der Waals surface area contributed by atoms with Crippen LogP contribution in [0.25, 0.3) is 0 Å². The molecule has 2 aromatic carbocycles. The number of amides is 2. The van der Waals surface area contributed by atoms with Gasteiger partial charge < -0.3 is 14.8 Å². The Morgan fingerprint density at radius 2 is 1.56 bits per heavy atom. The fraction of sp³-hybridized carbons (Fsp3) is 0.516. The highest BCUT2D eigenvalue weighted by Gasteiger charge is 2.35. The van der Waals surface area contributed by atoms with Crippen molar-refractivity contribution in [3.63, 3.8) is 0 Å². The number of ether oxygens (including phenoxy) is 2. The first-order chi connectivity index (χ1) is 19.0. The number of nitrogens with one attached hydrogen (secondary N) is 1. The van der Waals surface area contributed by atoms with Crippen LogP contribution in [0.15, 0.2) is 53.5 Å². The number of unbranched alkanes of at least 4 members (excludes halogenated alkanes) is 7. The molecule has 7 nitrogen and oxygen atoms in total. The van der Waals surface area contributed by atoms with Crippen molar-refractivity contribution in [3.05, 3.63) is 48.5 Å². The number of methoxy groups -OCH3 is 1. The van der Waals surface area contributed by atoms with Crippen molar-refractivity contribution < 1.29 is 19.1 Å². The van der Waals surface area contributed by atoms with Crippen LogP contribution in [0.3, 0.4) is 0 Å². The Kier molecular flexibility index (Phi) is 13.2. The third-order valence-electron chi connectivity index (χ3n) is 6.60. The van der Waals surface area contributed by atoms with Crippen molar-refractivity contribution >= 4 is 40.1 Å². The summed E-state index contributed by atoms with van der Waals surface area (Å²) in [6, 6.07) is 14.8. The molecular formula is C31H43N3O4S. The zero-order valence-electron chi connectivity index (χ0n) is 23.6. The molecule has 0 spiro atoms. The molecule has 1 unspecified atom stereocenters. The van der Waals surface area contributed by atoms with Gasteiger partial charge in [-0.2, -0.15) is 0 Å². The van der Waals surface area contributed by atoms with E-state index in [-0.39, 0.29) is 18.2 Å². The molecule has 2 aromatic rings. The van der Waals surface area contributed by atoms with Gasteiger partial charge in [-0.05, 0) is 61.4 Å². The standard InChI is InChI=1S/C31H43N3O4S/c1-4-6-8-10-11-21-34-29(35)23-28(39-31(34)33-25-13-17-26(37-3)18-14-25)30(36)32-24-15-19-27(20-16-24)38-22-12-9-7-5-2/h13-20,28H,4-12,21-23H2,1-3H3,(H,32,36). The first-order valence-corrected chi connectivity index (χ1v) is 15.2. The maximum absolute atomic E-state index is 13.2. The van der Waals surface area contributed by atoms with E-state index < -0.39 is 5.25 Å². The van der Waals surface area contributed by atoms with Gasteiger partial charge in [0.05, 0.1) is 19.4 Å². The van der Waals surface area contributed by atoms with E-state index in [0.717, 1.165) is 37.2 Å². The van der Waals surface area contributed by atoms with Gasteiger partial charge in [0.2, 0.25) is 11.8 Å². The fourth-order valence-corrected chi connectivity index (χ4v) is 5.40. The average Bonchev–Trinajstić information content (AvgIpc) is 2.95. The molecule has 0 saturated carbocycles. The van der Waals surface area contributed by atoms with Crippen molar-refractivity contribution in [2.24, 2.45) is 4.99 Å². The first-order valence-electron chi connectivity index (χ1n) is 14.3. The van der Waals surface area contributed by atoms with E-state index in [1.54, 1.807) is 12.0 Å². The summed E-state index contributed by atoms with van der Waals surface area (Å²) in [5.41, 5.74) is 1.40. The molecule has 0 aliphatic carbocycles. The molecule has 2 amide bonds. The minimum absolute atomic E-state index is 0.0662. The van der Waals surface area contributed by atoms with Gasteiger partial charge in [-0.1, -0.05) is 70.6 Å². The van der Waals surface area contributed by atoms with Crippen molar-refractivity contribution in [2.45, 2.75) is 83.3 Å². The highest BCUT2D eigenvalue weighted by atomic mass is 32.2. The summed E-state index contributed by atoms with van der Waals surface area (Å²) in [4.78, 5) is 32.9. The molecule has 212 valence electrons. The number of carbonyl (C=O) groups is 2. The second-order valence-electron chi connectivity index (χ2n) is 9.79. The lowest BCUT2D eigenvalue weighted by Crippen LogP contribution is -2.45. The largest absolute Gasteiger partial charge is 0.497 e. The highest BCUT2D eigenvalue weighted by molar-refractivity contribution is 8.15. The minimum atomic E-state index is -0.555. The quantitative estimate of drug-likeness (QED) is 0.217. The van der Waals surface area contributed by atoms with Crippen molar-refractivity contribution in [3.8, 4) is 11.5 Å². The number of thioether (sulfide) groups is 1. The minimum Gasteiger partial charge on any atom is -0.497 e. The monoisotopic (exact) mass is 553 g/mol. The van der Waals surface area contributed by atoms with E-state index in [0.29, 0.717) is 29.7 Å². The van der Waals surface area contributed by atoms with Crippen LogP contribution < -0.4 is 14.8 Å². The topological polar surface area (TPSA) is 80.2 Å². The van der Waals surface area contributed by atoms with Crippen LogP contribution in [0.2, 0.25) is 0 Å². The van der Waals surface area contributed by atoms with E-state index in [9.17, 15) is 9.59 Å². The summed E-state index contributed by atoms with van der Waals surface area (Å²) in [7, 11) is 1.62. The molecular weight excluding hydrogens is 510 g/mol. The zero-order valence-corrected chi connectivity index (χ0v) is 24.4. The molecule has 8 heteroatoms. The van der Waals surface area contributed by atoms with E-state index in [2.05, 4.69) is 19.2 Å². The molecule has 1 saturated heterocycles. The Labute approximate surface area is 237 Å².